The lowest BCUT2D eigenvalue weighted by Gasteiger charge is -2.22. The number of aromatic amines is 1. The Morgan fingerprint density at radius 3 is 2.71 bits per heavy atom. The molecule has 1 amide bonds. The number of nitrogens with zero attached hydrogens (tertiary/aromatic N) is 1. The first kappa shape index (κ1) is 14.1. The number of amides is 1. The van der Waals surface area contributed by atoms with Crippen LogP contribution in [0.1, 0.15) is 28.7 Å². The highest BCUT2D eigenvalue weighted by Gasteiger charge is 2.22. The van der Waals surface area contributed by atoms with E-state index in [0.29, 0.717) is 17.0 Å². The third-order valence-corrected chi connectivity index (χ3v) is 3.35. The van der Waals surface area contributed by atoms with Crippen molar-refractivity contribution in [2.24, 2.45) is 0 Å². The van der Waals surface area contributed by atoms with Gasteiger partial charge < -0.3 is 10.4 Å². The molecule has 1 aromatic heterocycles. The fourth-order valence-corrected chi connectivity index (χ4v) is 2.33. The summed E-state index contributed by atoms with van der Waals surface area (Å²) in [6.45, 7) is 5.52. The summed E-state index contributed by atoms with van der Waals surface area (Å²) in [5.41, 5.74) is 1.08. The van der Waals surface area contributed by atoms with Crippen LogP contribution in [0.25, 0.3) is 0 Å². The Bertz CT molecular complexity index is 382. The second-order valence-corrected chi connectivity index (χ2v) is 5.29. The van der Waals surface area contributed by atoms with Gasteiger partial charge >= 0.3 is 0 Å². The maximum atomic E-state index is 11.9. The van der Waals surface area contributed by atoms with E-state index in [0.717, 1.165) is 5.69 Å². The number of hydrogen-bond donors (Lipinski definition) is 3. The number of hydrogen-bond acceptors (Lipinski definition) is 4. The predicted octanol–water partition coefficient (Wildman–Crippen LogP) is 0.870. The molecule has 0 aromatic carbocycles. The fraction of sp³-hybridized carbons (Fsp3) is 0.636. The van der Waals surface area contributed by atoms with Crippen LogP contribution in [0.4, 0.5) is 0 Å². The Balaban J connectivity index is 2.62. The third kappa shape index (κ3) is 3.74. The molecule has 17 heavy (non-hydrogen) atoms. The van der Waals surface area contributed by atoms with Crippen LogP contribution in [0.15, 0.2) is 0 Å². The smallest absolute Gasteiger partial charge is 0.255 e. The summed E-state index contributed by atoms with van der Waals surface area (Å²) in [6.07, 6.45) is 1.92. The van der Waals surface area contributed by atoms with Crippen LogP contribution in [0.2, 0.25) is 0 Å². The number of aliphatic hydroxyl groups is 1. The fourth-order valence-electron chi connectivity index (χ4n) is 1.61. The van der Waals surface area contributed by atoms with Crippen LogP contribution in [0, 0.1) is 13.8 Å². The summed E-state index contributed by atoms with van der Waals surface area (Å²) in [5, 5.41) is 19.4. The lowest BCUT2D eigenvalue weighted by atomic mass is 10.1. The van der Waals surface area contributed by atoms with Gasteiger partial charge in [-0.15, -0.1) is 0 Å². The molecule has 6 heteroatoms. The largest absolute Gasteiger partial charge is 0.387 e. The number of H-pyrrole nitrogens is 1. The van der Waals surface area contributed by atoms with Crippen LogP contribution < -0.4 is 5.32 Å². The summed E-state index contributed by atoms with van der Waals surface area (Å²) >= 11 is 1.54. The summed E-state index contributed by atoms with van der Waals surface area (Å²) in [7, 11) is 0. The molecule has 1 aromatic rings. The maximum absolute atomic E-state index is 11.9. The van der Waals surface area contributed by atoms with Crippen molar-refractivity contribution in [1.82, 2.24) is 15.5 Å². The monoisotopic (exact) mass is 257 g/mol. The van der Waals surface area contributed by atoms with Crippen LogP contribution >= 0.6 is 11.8 Å². The van der Waals surface area contributed by atoms with E-state index in [1.807, 2.05) is 6.26 Å². The van der Waals surface area contributed by atoms with E-state index in [2.05, 4.69) is 15.5 Å². The molecule has 3 N–H and O–H groups in total. The zero-order valence-electron chi connectivity index (χ0n) is 10.6. The van der Waals surface area contributed by atoms with Crippen molar-refractivity contribution < 1.29 is 9.90 Å². The Hall–Kier alpha value is -1.01. The summed E-state index contributed by atoms with van der Waals surface area (Å²) in [6, 6.07) is 0. The molecule has 1 unspecified atom stereocenters. The van der Waals surface area contributed by atoms with Crippen molar-refractivity contribution in [3.63, 3.8) is 0 Å². The van der Waals surface area contributed by atoms with E-state index >= 15 is 0 Å². The van der Waals surface area contributed by atoms with Gasteiger partial charge in [0.25, 0.3) is 5.91 Å². The number of aryl methyl sites for hydroxylation is 2. The average molecular weight is 257 g/mol. The summed E-state index contributed by atoms with van der Waals surface area (Å²) in [5.74, 6) is 0.381. The molecule has 0 saturated carbocycles. The van der Waals surface area contributed by atoms with Gasteiger partial charge in [0.05, 0.1) is 16.9 Å². The van der Waals surface area contributed by atoms with Gasteiger partial charge in [-0.3, -0.25) is 9.89 Å². The van der Waals surface area contributed by atoms with Gasteiger partial charge in [0.1, 0.15) is 0 Å². The molecule has 0 aliphatic carbocycles. The van der Waals surface area contributed by atoms with Gasteiger partial charge in [0.2, 0.25) is 0 Å². The van der Waals surface area contributed by atoms with Crippen LogP contribution in [-0.4, -0.2) is 45.4 Å². The average Bonchev–Trinajstić information content (AvgIpc) is 2.55. The van der Waals surface area contributed by atoms with E-state index < -0.39 is 5.60 Å². The second-order valence-electron chi connectivity index (χ2n) is 4.42. The Morgan fingerprint density at radius 1 is 1.59 bits per heavy atom. The second kappa shape index (κ2) is 5.55. The SMILES string of the molecule is CSCC(C)(O)CNC(=O)c1c(C)n[nH]c1C. The first-order valence-corrected chi connectivity index (χ1v) is 6.78. The minimum Gasteiger partial charge on any atom is -0.387 e. The van der Waals surface area contributed by atoms with Crippen molar-refractivity contribution in [3.05, 3.63) is 17.0 Å². The lowest BCUT2D eigenvalue weighted by Crippen LogP contribution is -2.42. The summed E-state index contributed by atoms with van der Waals surface area (Å²) in [4.78, 5) is 11.9. The van der Waals surface area contributed by atoms with Crippen LogP contribution in [0.5, 0.6) is 0 Å². The molecule has 0 radical (unpaired) electrons. The first-order chi connectivity index (χ1) is 7.87. The normalized spacial score (nSPS) is 14.4. The molecule has 1 rings (SSSR count). The standard InChI is InChI=1S/C11H19N3O2S/c1-7-9(8(2)14-13-7)10(15)12-5-11(3,16)6-17-4/h16H,5-6H2,1-4H3,(H,12,15)(H,13,14). The summed E-state index contributed by atoms with van der Waals surface area (Å²) < 4.78 is 0. The molecule has 0 spiro atoms. The minimum absolute atomic E-state index is 0.199. The molecule has 0 bridgehead atoms. The molecular weight excluding hydrogens is 238 g/mol. The van der Waals surface area contributed by atoms with E-state index in [1.165, 1.54) is 0 Å². The van der Waals surface area contributed by atoms with Gasteiger partial charge in [-0.2, -0.15) is 16.9 Å². The van der Waals surface area contributed by atoms with Crippen molar-refractivity contribution in [3.8, 4) is 0 Å². The van der Waals surface area contributed by atoms with E-state index in [9.17, 15) is 9.90 Å². The molecule has 0 aliphatic rings. The Morgan fingerprint density at radius 2 is 2.24 bits per heavy atom. The van der Waals surface area contributed by atoms with Gasteiger partial charge in [-0.1, -0.05) is 0 Å². The highest BCUT2D eigenvalue weighted by molar-refractivity contribution is 7.98. The highest BCUT2D eigenvalue weighted by atomic mass is 32.2. The molecule has 1 atom stereocenters. The van der Waals surface area contributed by atoms with Crippen molar-refractivity contribution in [2.45, 2.75) is 26.4 Å². The van der Waals surface area contributed by atoms with Gasteiger partial charge in [-0.25, -0.2) is 0 Å². The molecule has 0 saturated heterocycles. The number of rotatable bonds is 5. The van der Waals surface area contributed by atoms with Gasteiger partial charge in [0, 0.05) is 18.0 Å². The van der Waals surface area contributed by atoms with Crippen molar-refractivity contribution in [1.29, 1.82) is 0 Å². The number of carbonyl (C=O) groups excluding carboxylic acids is 1. The van der Waals surface area contributed by atoms with Crippen molar-refractivity contribution in [2.75, 3.05) is 18.6 Å². The number of nitrogens with one attached hydrogen (secondary N) is 2. The zero-order valence-corrected chi connectivity index (χ0v) is 11.4. The molecule has 1 heterocycles. The van der Waals surface area contributed by atoms with E-state index in [-0.39, 0.29) is 12.5 Å². The minimum atomic E-state index is -0.888. The Kier molecular flexibility index (Phi) is 4.59. The first-order valence-electron chi connectivity index (χ1n) is 5.38. The lowest BCUT2D eigenvalue weighted by molar-refractivity contribution is 0.0724. The van der Waals surface area contributed by atoms with Crippen molar-refractivity contribution >= 4 is 17.7 Å². The molecule has 96 valence electrons. The van der Waals surface area contributed by atoms with E-state index in [1.54, 1.807) is 32.5 Å². The number of thioether (sulfide) groups is 1. The predicted molar refractivity (Wildman–Crippen MR) is 69.4 cm³/mol. The third-order valence-electron chi connectivity index (χ3n) is 2.44. The quantitative estimate of drug-likeness (QED) is 0.731. The molecule has 0 aliphatic heterocycles. The molecule has 0 fully saturated rings. The Labute approximate surface area is 105 Å². The van der Waals surface area contributed by atoms with Crippen LogP contribution in [0.3, 0.4) is 0 Å². The number of aromatic nitrogens is 2. The molecule has 5 nitrogen and oxygen atoms in total. The highest BCUT2D eigenvalue weighted by Crippen LogP contribution is 2.11. The zero-order chi connectivity index (χ0) is 13.1. The maximum Gasteiger partial charge on any atom is 0.255 e. The van der Waals surface area contributed by atoms with Crippen LogP contribution in [-0.2, 0) is 0 Å². The molecular formula is C11H19N3O2S. The van der Waals surface area contributed by atoms with Gasteiger partial charge in [0.15, 0.2) is 0 Å². The topological polar surface area (TPSA) is 78.0 Å². The van der Waals surface area contributed by atoms with E-state index in [4.69, 9.17) is 0 Å². The number of carbonyl (C=O) groups is 1. The van der Waals surface area contributed by atoms with Gasteiger partial charge in [-0.05, 0) is 27.0 Å².